The zero-order valence-corrected chi connectivity index (χ0v) is 20.6. The van der Waals surface area contributed by atoms with Gasteiger partial charge < -0.3 is 24.2 Å². The molecule has 1 saturated heterocycles. The van der Waals surface area contributed by atoms with Gasteiger partial charge in [0.2, 0.25) is 16.8 Å². The standard InChI is InChI=1S/C21H23N3O6S.H3O4P/c25-21(22-26)8-6-17-3-1-2-4-20(17)31(27,28)24-11-9-23(10-12-24)14-16-5-7-18-19(13-16)30-15-29-18;1-5(2,3)4/h1-8,13,26H,9-12,14-15H2,(H,22,25);(H3,1,2,3,4)/b8-6+;. The van der Waals surface area contributed by atoms with E-state index in [1.54, 1.807) is 18.2 Å². The van der Waals surface area contributed by atoms with E-state index in [9.17, 15) is 13.2 Å². The molecule has 2 aromatic rings. The van der Waals surface area contributed by atoms with Crippen molar-refractivity contribution in [1.82, 2.24) is 14.7 Å². The molecule has 36 heavy (non-hydrogen) atoms. The Morgan fingerprint density at radius 1 is 1.03 bits per heavy atom. The summed E-state index contributed by atoms with van der Waals surface area (Å²) in [7, 11) is -8.37. The van der Waals surface area contributed by atoms with Crippen molar-refractivity contribution < 1.29 is 47.1 Å². The molecule has 15 heteroatoms. The third-order valence-electron chi connectivity index (χ3n) is 5.24. The summed E-state index contributed by atoms with van der Waals surface area (Å²) in [5, 5.41) is 8.63. The Bertz CT molecular complexity index is 1250. The van der Waals surface area contributed by atoms with E-state index in [4.69, 9.17) is 33.9 Å². The van der Waals surface area contributed by atoms with Gasteiger partial charge in [-0.3, -0.25) is 14.9 Å². The predicted molar refractivity (Wildman–Crippen MR) is 126 cm³/mol. The smallest absolute Gasteiger partial charge is 0.454 e. The van der Waals surface area contributed by atoms with Gasteiger partial charge in [0.05, 0.1) is 4.90 Å². The summed E-state index contributed by atoms with van der Waals surface area (Å²) in [6.07, 6.45) is 2.45. The number of benzene rings is 2. The number of nitrogens with zero attached hydrogens (tertiary/aromatic N) is 2. The molecule has 1 amide bonds. The molecule has 2 aliphatic rings. The Labute approximate surface area is 207 Å². The molecule has 0 aromatic heterocycles. The summed E-state index contributed by atoms with van der Waals surface area (Å²) in [5.41, 5.74) is 2.95. The van der Waals surface area contributed by atoms with Crippen molar-refractivity contribution in [3.63, 3.8) is 0 Å². The molecule has 0 atom stereocenters. The number of carbonyl (C=O) groups is 1. The van der Waals surface area contributed by atoms with E-state index in [-0.39, 0.29) is 11.7 Å². The molecule has 0 aliphatic carbocycles. The molecule has 0 saturated carbocycles. The van der Waals surface area contributed by atoms with Crippen molar-refractivity contribution in [2.45, 2.75) is 11.4 Å². The van der Waals surface area contributed by atoms with Gasteiger partial charge in [-0.05, 0) is 35.4 Å². The van der Waals surface area contributed by atoms with E-state index in [2.05, 4.69) is 4.90 Å². The molecule has 196 valence electrons. The highest BCUT2D eigenvalue weighted by atomic mass is 32.2. The minimum atomic E-state index is -4.64. The minimum Gasteiger partial charge on any atom is -0.454 e. The first kappa shape index (κ1) is 27.8. The van der Waals surface area contributed by atoms with Crippen LogP contribution >= 0.6 is 7.82 Å². The van der Waals surface area contributed by atoms with Gasteiger partial charge in [0.25, 0.3) is 5.91 Å². The maximum Gasteiger partial charge on any atom is 0.466 e. The lowest BCUT2D eigenvalue weighted by Crippen LogP contribution is -2.48. The zero-order valence-electron chi connectivity index (χ0n) is 18.9. The third-order valence-corrected chi connectivity index (χ3v) is 7.21. The van der Waals surface area contributed by atoms with E-state index in [0.29, 0.717) is 38.3 Å². The molecule has 2 aliphatic heterocycles. The van der Waals surface area contributed by atoms with Crippen molar-refractivity contribution in [2.24, 2.45) is 0 Å². The first-order valence-corrected chi connectivity index (χ1v) is 13.6. The summed E-state index contributed by atoms with van der Waals surface area (Å²) >= 11 is 0. The second-order valence-electron chi connectivity index (χ2n) is 7.73. The number of fused-ring (bicyclic) bond motifs is 1. The second-order valence-corrected chi connectivity index (χ2v) is 10.7. The first-order valence-electron chi connectivity index (χ1n) is 10.6. The normalized spacial score (nSPS) is 16.4. The average Bonchev–Trinajstić information content (AvgIpc) is 3.30. The molecular formula is C21H26N3O10PS. The predicted octanol–water partition coefficient (Wildman–Crippen LogP) is 0.512. The van der Waals surface area contributed by atoms with Gasteiger partial charge >= 0.3 is 7.82 Å². The van der Waals surface area contributed by atoms with E-state index < -0.39 is 23.8 Å². The number of amides is 1. The van der Waals surface area contributed by atoms with Crippen LogP contribution in [-0.2, 0) is 25.9 Å². The monoisotopic (exact) mass is 543 g/mol. The van der Waals surface area contributed by atoms with Gasteiger partial charge in [0.15, 0.2) is 11.5 Å². The lowest BCUT2D eigenvalue weighted by Gasteiger charge is -2.34. The Hall–Kier alpha value is -2.81. The molecule has 0 radical (unpaired) electrons. The summed E-state index contributed by atoms with van der Waals surface area (Å²) in [6, 6.07) is 12.3. The fourth-order valence-corrected chi connectivity index (χ4v) is 5.23. The fourth-order valence-electron chi connectivity index (χ4n) is 3.62. The Morgan fingerprint density at radius 3 is 2.33 bits per heavy atom. The van der Waals surface area contributed by atoms with Crippen LogP contribution in [0.25, 0.3) is 6.08 Å². The number of hydrogen-bond donors (Lipinski definition) is 5. The molecule has 0 spiro atoms. The molecule has 2 aromatic carbocycles. The van der Waals surface area contributed by atoms with Gasteiger partial charge in [0.1, 0.15) is 0 Å². The highest BCUT2D eigenvalue weighted by Crippen LogP contribution is 2.33. The molecule has 5 N–H and O–H groups in total. The SMILES string of the molecule is O=C(/C=C/c1ccccc1S(=O)(=O)N1CCN(Cc2ccc3c(c2)OCO3)CC1)NO.O=P(O)(O)O. The summed E-state index contributed by atoms with van der Waals surface area (Å²) in [5.74, 6) is 0.742. The number of sulfonamides is 1. The highest BCUT2D eigenvalue weighted by Gasteiger charge is 2.30. The molecule has 0 bridgehead atoms. The van der Waals surface area contributed by atoms with Crippen LogP contribution in [-0.4, -0.2) is 76.4 Å². The van der Waals surface area contributed by atoms with E-state index in [0.717, 1.165) is 23.1 Å². The van der Waals surface area contributed by atoms with Crippen molar-refractivity contribution in [1.29, 1.82) is 0 Å². The first-order chi connectivity index (χ1) is 17.0. The van der Waals surface area contributed by atoms with E-state index in [1.165, 1.54) is 21.9 Å². The summed E-state index contributed by atoms with van der Waals surface area (Å²) in [4.78, 5) is 35.2. The molecule has 0 unspecified atom stereocenters. The highest BCUT2D eigenvalue weighted by molar-refractivity contribution is 7.89. The summed E-state index contributed by atoms with van der Waals surface area (Å²) in [6.45, 7) is 2.85. The molecule has 4 rings (SSSR count). The number of piperazine rings is 1. The third kappa shape index (κ3) is 7.85. The van der Waals surface area contributed by atoms with Crippen molar-refractivity contribution in [3.8, 4) is 11.5 Å². The maximum atomic E-state index is 13.2. The van der Waals surface area contributed by atoms with Gasteiger partial charge in [-0.15, -0.1) is 0 Å². The van der Waals surface area contributed by atoms with Crippen LogP contribution in [0.2, 0.25) is 0 Å². The molecule has 13 nitrogen and oxygen atoms in total. The van der Waals surface area contributed by atoms with Crippen molar-refractivity contribution in [3.05, 3.63) is 59.7 Å². The number of rotatable bonds is 6. The van der Waals surface area contributed by atoms with Crippen LogP contribution in [0.15, 0.2) is 53.4 Å². The van der Waals surface area contributed by atoms with Crippen LogP contribution in [0.4, 0.5) is 0 Å². The van der Waals surface area contributed by atoms with Gasteiger partial charge in [-0.2, -0.15) is 4.31 Å². The van der Waals surface area contributed by atoms with Crippen molar-refractivity contribution >= 4 is 29.8 Å². The Balaban J connectivity index is 0.000000658. The maximum absolute atomic E-state index is 13.2. The second kappa shape index (κ2) is 12.0. The lowest BCUT2D eigenvalue weighted by atomic mass is 10.2. The van der Waals surface area contributed by atoms with Crippen LogP contribution in [0.1, 0.15) is 11.1 Å². The quantitative estimate of drug-likeness (QED) is 0.148. The molecular weight excluding hydrogens is 517 g/mol. The van der Waals surface area contributed by atoms with E-state index >= 15 is 0 Å². The number of ether oxygens (including phenoxy) is 2. The van der Waals surface area contributed by atoms with E-state index in [1.807, 2.05) is 18.2 Å². The topological polar surface area (TPSA) is 186 Å². The van der Waals surface area contributed by atoms with Crippen molar-refractivity contribution in [2.75, 3.05) is 33.0 Å². The molecule has 2 heterocycles. The Morgan fingerprint density at radius 2 is 1.67 bits per heavy atom. The van der Waals surface area contributed by atoms with Crippen LogP contribution in [0.3, 0.4) is 0 Å². The number of nitrogens with one attached hydrogen (secondary N) is 1. The van der Waals surface area contributed by atoms with Crippen LogP contribution < -0.4 is 15.0 Å². The Kier molecular flexibility index (Phi) is 9.22. The number of hydrogen-bond acceptors (Lipinski definition) is 8. The minimum absolute atomic E-state index is 0.126. The van der Waals surface area contributed by atoms with Gasteiger partial charge in [-0.1, -0.05) is 24.3 Å². The lowest BCUT2D eigenvalue weighted by molar-refractivity contribution is -0.124. The van der Waals surface area contributed by atoms with Gasteiger partial charge in [0, 0.05) is 38.8 Å². The van der Waals surface area contributed by atoms with Gasteiger partial charge in [-0.25, -0.2) is 18.5 Å². The van der Waals surface area contributed by atoms with Crippen LogP contribution in [0.5, 0.6) is 11.5 Å². The summed E-state index contributed by atoms with van der Waals surface area (Å²) < 4.78 is 47.5. The molecule has 1 fully saturated rings. The van der Waals surface area contributed by atoms with Crippen LogP contribution in [0, 0.1) is 0 Å². The zero-order chi connectivity index (χ0) is 26.3. The fraction of sp³-hybridized carbons (Fsp3) is 0.286. The number of carbonyl (C=O) groups excluding carboxylic acids is 1. The number of hydroxylamine groups is 1. The largest absolute Gasteiger partial charge is 0.466 e. The number of phosphoric acid groups is 1. The average molecular weight is 543 g/mol.